The molecule has 2 aliphatic rings. The molecule has 0 saturated heterocycles. The van der Waals surface area contributed by atoms with E-state index in [-0.39, 0.29) is 0 Å². The van der Waals surface area contributed by atoms with E-state index in [0.717, 1.165) is 5.92 Å². The van der Waals surface area contributed by atoms with Crippen LogP contribution in [0, 0.1) is 11.8 Å². The Morgan fingerprint density at radius 1 is 1.12 bits per heavy atom. The average Bonchev–Trinajstić information content (AvgIpc) is 2.31. The number of rotatable bonds is 3. The van der Waals surface area contributed by atoms with Gasteiger partial charge in [0.15, 0.2) is 0 Å². The molecule has 1 fully saturated rings. The van der Waals surface area contributed by atoms with Crippen LogP contribution in [0.5, 0.6) is 0 Å². The Hall–Kier alpha value is -0.0400. The fourth-order valence-corrected chi connectivity index (χ4v) is 3.74. The molecule has 2 rings (SSSR count). The van der Waals surface area contributed by atoms with Gasteiger partial charge in [-0.1, -0.05) is 66.3 Å². The monoisotopic (exact) mass is 282 g/mol. The number of hydrogen-bond acceptors (Lipinski definition) is 0. The second-order valence-electron chi connectivity index (χ2n) is 5.34. The molecule has 0 amide bonds. The van der Waals surface area contributed by atoms with Crippen LogP contribution in [-0.2, 0) is 0 Å². The van der Waals surface area contributed by atoms with Gasteiger partial charge in [-0.25, -0.2) is 0 Å². The van der Waals surface area contributed by atoms with Crippen molar-refractivity contribution in [1.82, 2.24) is 0 Å². The molecule has 0 radical (unpaired) electrons. The van der Waals surface area contributed by atoms with Crippen molar-refractivity contribution in [2.45, 2.75) is 57.8 Å². The predicted octanol–water partition coefficient (Wildman–Crippen LogP) is 5.59. The van der Waals surface area contributed by atoms with Crippen LogP contribution in [0.25, 0.3) is 0 Å². The maximum Gasteiger partial charge on any atom is -0.00424 e. The number of halogens is 1. The molecular weight excluding hydrogens is 260 g/mol. The summed E-state index contributed by atoms with van der Waals surface area (Å²) in [5.74, 6) is 1.65. The first-order valence-electron chi connectivity index (χ1n) is 6.87. The lowest BCUT2D eigenvalue weighted by atomic mass is 9.86. The Kier molecular flexibility index (Phi) is 5.15. The summed E-state index contributed by atoms with van der Waals surface area (Å²) in [5, 5.41) is 0. The van der Waals surface area contributed by atoms with E-state index in [4.69, 9.17) is 0 Å². The summed E-state index contributed by atoms with van der Waals surface area (Å²) >= 11 is 3.78. The van der Waals surface area contributed by atoms with Crippen LogP contribution in [0.15, 0.2) is 22.7 Å². The van der Waals surface area contributed by atoms with Gasteiger partial charge < -0.3 is 0 Å². The van der Waals surface area contributed by atoms with E-state index in [1.54, 1.807) is 0 Å². The van der Waals surface area contributed by atoms with E-state index in [1.165, 1.54) is 62.3 Å². The Bertz CT molecular complexity index is 259. The quantitative estimate of drug-likeness (QED) is 0.592. The standard InChI is InChI=1S/C15H23Br/c16-15(11-13-7-3-1-4-8-13)12-14-9-5-2-6-10-14/h3,7,11,13-14H,1-2,4-6,8-10,12H2/b15-11-. The highest BCUT2D eigenvalue weighted by Gasteiger charge is 2.15. The highest BCUT2D eigenvalue weighted by molar-refractivity contribution is 9.11. The Morgan fingerprint density at radius 3 is 2.62 bits per heavy atom. The zero-order valence-corrected chi connectivity index (χ0v) is 11.7. The predicted molar refractivity (Wildman–Crippen MR) is 74.7 cm³/mol. The minimum atomic E-state index is 0.701. The van der Waals surface area contributed by atoms with Crippen molar-refractivity contribution < 1.29 is 0 Å². The average molecular weight is 283 g/mol. The molecule has 0 heterocycles. The van der Waals surface area contributed by atoms with Crippen LogP contribution in [0.1, 0.15) is 57.8 Å². The lowest BCUT2D eigenvalue weighted by Gasteiger charge is -2.22. The van der Waals surface area contributed by atoms with Crippen LogP contribution >= 0.6 is 15.9 Å². The molecule has 0 N–H and O–H groups in total. The summed E-state index contributed by atoms with van der Waals surface area (Å²) in [5.41, 5.74) is 0. The molecule has 0 bridgehead atoms. The van der Waals surface area contributed by atoms with Crippen molar-refractivity contribution >= 4 is 15.9 Å². The van der Waals surface area contributed by atoms with Crippen LogP contribution in [-0.4, -0.2) is 0 Å². The molecule has 90 valence electrons. The molecule has 1 saturated carbocycles. The third kappa shape index (κ3) is 4.08. The smallest absolute Gasteiger partial charge is 0.00424 e. The van der Waals surface area contributed by atoms with Crippen LogP contribution < -0.4 is 0 Å². The molecule has 0 aromatic carbocycles. The molecule has 0 aromatic rings. The van der Waals surface area contributed by atoms with Gasteiger partial charge in [-0.3, -0.25) is 0 Å². The van der Waals surface area contributed by atoms with Gasteiger partial charge in [-0.15, -0.1) is 0 Å². The molecule has 1 atom stereocenters. The van der Waals surface area contributed by atoms with Crippen molar-refractivity contribution in [2.75, 3.05) is 0 Å². The molecule has 0 nitrogen and oxygen atoms in total. The van der Waals surface area contributed by atoms with Crippen molar-refractivity contribution in [3.63, 3.8) is 0 Å². The van der Waals surface area contributed by atoms with Gasteiger partial charge in [0.25, 0.3) is 0 Å². The van der Waals surface area contributed by atoms with Crippen molar-refractivity contribution in [1.29, 1.82) is 0 Å². The Labute approximate surface area is 108 Å². The lowest BCUT2D eigenvalue weighted by Crippen LogP contribution is -2.06. The Balaban J connectivity index is 1.81. The Morgan fingerprint density at radius 2 is 1.94 bits per heavy atom. The lowest BCUT2D eigenvalue weighted by molar-refractivity contribution is 0.360. The largest absolute Gasteiger partial charge is 0.0879 e. The van der Waals surface area contributed by atoms with E-state index in [9.17, 15) is 0 Å². The molecule has 0 aliphatic heterocycles. The first-order valence-corrected chi connectivity index (χ1v) is 7.67. The first kappa shape index (κ1) is 12.4. The molecule has 2 aliphatic carbocycles. The summed E-state index contributed by atoms with van der Waals surface area (Å²) < 4.78 is 1.45. The topological polar surface area (TPSA) is 0 Å². The molecular formula is C15H23Br. The number of allylic oxidation sites excluding steroid dienone is 4. The fraction of sp³-hybridized carbons (Fsp3) is 0.733. The van der Waals surface area contributed by atoms with Gasteiger partial charge in [0.05, 0.1) is 0 Å². The van der Waals surface area contributed by atoms with E-state index < -0.39 is 0 Å². The van der Waals surface area contributed by atoms with Gasteiger partial charge in [0.1, 0.15) is 0 Å². The minimum absolute atomic E-state index is 0.701. The zero-order valence-electron chi connectivity index (χ0n) is 10.1. The third-order valence-corrected chi connectivity index (χ3v) is 4.48. The van der Waals surface area contributed by atoms with Crippen LogP contribution in [0.4, 0.5) is 0 Å². The molecule has 1 heteroatoms. The minimum Gasteiger partial charge on any atom is -0.0879 e. The van der Waals surface area contributed by atoms with Crippen LogP contribution in [0.2, 0.25) is 0 Å². The van der Waals surface area contributed by atoms with Gasteiger partial charge in [-0.2, -0.15) is 0 Å². The van der Waals surface area contributed by atoms with Gasteiger partial charge in [-0.05, 0) is 42.0 Å². The van der Waals surface area contributed by atoms with Gasteiger partial charge >= 0.3 is 0 Å². The second-order valence-corrected chi connectivity index (χ2v) is 6.36. The summed E-state index contributed by atoms with van der Waals surface area (Å²) in [6, 6.07) is 0. The molecule has 16 heavy (non-hydrogen) atoms. The van der Waals surface area contributed by atoms with Crippen molar-refractivity contribution in [2.24, 2.45) is 11.8 Å². The van der Waals surface area contributed by atoms with E-state index in [1.807, 2.05) is 0 Å². The normalized spacial score (nSPS) is 28.3. The van der Waals surface area contributed by atoms with E-state index >= 15 is 0 Å². The van der Waals surface area contributed by atoms with Gasteiger partial charge in [0.2, 0.25) is 0 Å². The van der Waals surface area contributed by atoms with Crippen LogP contribution in [0.3, 0.4) is 0 Å². The summed E-state index contributed by atoms with van der Waals surface area (Å²) in [7, 11) is 0. The maximum atomic E-state index is 3.78. The molecule has 0 aromatic heterocycles. The SMILES string of the molecule is Br/C(=C\C1C=CCCC1)CC1CCCCC1. The highest BCUT2D eigenvalue weighted by Crippen LogP contribution is 2.32. The highest BCUT2D eigenvalue weighted by atomic mass is 79.9. The molecule has 1 unspecified atom stereocenters. The fourth-order valence-electron chi connectivity index (χ4n) is 2.94. The van der Waals surface area contributed by atoms with Crippen molar-refractivity contribution in [3.8, 4) is 0 Å². The van der Waals surface area contributed by atoms with E-state index in [0.29, 0.717) is 5.92 Å². The van der Waals surface area contributed by atoms with Crippen molar-refractivity contribution in [3.05, 3.63) is 22.7 Å². The molecule has 0 spiro atoms. The maximum absolute atomic E-state index is 3.78. The van der Waals surface area contributed by atoms with Gasteiger partial charge in [0, 0.05) is 0 Å². The zero-order chi connectivity index (χ0) is 11.2. The third-order valence-electron chi connectivity index (χ3n) is 3.89. The summed E-state index contributed by atoms with van der Waals surface area (Å²) in [6.07, 6.45) is 19.7. The second kappa shape index (κ2) is 6.64. The first-order chi connectivity index (χ1) is 7.84. The number of hydrogen-bond donors (Lipinski definition) is 0. The summed E-state index contributed by atoms with van der Waals surface area (Å²) in [4.78, 5) is 0. The summed E-state index contributed by atoms with van der Waals surface area (Å²) in [6.45, 7) is 0. The van der Waals surface area contributed by atoms with E-state index in [2.05, 4.69) is 34.2 Å².